The second-order valence-electron chi connectivity index (χ2n) is 4.90. The zero-order valence-electron chi connectivity index (χ0n) is 11.5. The number of aliphatic hydroxyl groups is 1. The highest BCUT2D eigenvalue weighted by molar-refractivity contribution is 6.00. The largest absolute Gasteiger partial charge is 0.504 e. The van der Waals surface area contributed by atoms with E-state index in [2.05, 4.69) is 0 Å². The minimum atomic E-state index is -0.597. The molecule has 0 saturated carbocycles. The summed E-state index contributed by atoms with van der Waals surface area (Å²) in [5.41, 5.74) is 2.57. The maximum absolute atomic E-state index is 11.7. The third-order valence-electron chi connectivity index (χ3n) is 3.75. The van der Waals surface area contributed by atoms with E-state index in [0.29, 0.717) is 11.3 Å². The Morgan fingerprint density at radius 1 is 1.42 bits per heavy atom. The van der Waals surface area contributed by atoms with E-state index in [1.54, 1.807) is 19.1 Å². The smallest absolute Gasteiger partial charge is 0.169 e. The minimum absolute atomic E-state index is 0.125. The SMILES string of the molecule is COc1c(O)c(C(C)=O)c(C)c2c1C=C[C@H](O)[C@@H]2C. The van der Waals surface area contributed by atoms with Crippen molar-refractivity contribution in [3.63, 3.8) is 0 Å². The molecular weight excluding hydrogens is 244 g/mol. The van der Waals surface area contributed by atoms with Gasteiger partial charge in [0.25, 0.3) is 0 Å². The zero-order chi connectivity index (χ0) is 14.3. The Bertz CT molecular complexity index is 572. The van der Waals surface area contributed by atoms with Crippen molar-refractivity contribution in [3.05, 3.63) is 28.3 Å². The molecular formula is C15H18O4. The lowest BCUT2D eigenvalue weighted by Crippen LogP contribution is -2.20. The van der Waals surface area contributed by atoms with Gasteiger partial charge in [0.15, 0.2) is 17.3 Å². The third-order valence-corrected chi connectivity index (χ3v) is 3.75. The Balaban J connectivity index is 2.86. The first-order valence-electron chi connectivity index (χ1n) is 6.20. The Labute approximate surface area is 112 Å². The quantitative estimate of drug-likeness (QED) is 0.803. The molecule has 2 N–H and O–H groups in total. The van der Waals surface area contributed by atoms with Crippen molar-refractivity contribution < 1.29 is 19.7 Å². The number of fused-ring (bicyclic) bond motifs is 1. The van der Waals surface area contributed by atoms with Gasteiger partial charge in [-0.15, -0.1) is 0 Å². The molecule has 2 atom stereocenters. The minimum Gasteiger partial charge on any atom is -0.504 e. The van der Waals surface area contributed by atoms with E-state index >= 15 is 0 Å². The highest BCUT2D eigenvalue weighted by atomic mass is 16.5. The molecule has 0 amide bonds. The summed E-state index contributed by atoms with van der Waals surface area (Å²) < 4.78 is 5.24. The second kappa shape index (κ2) is 4.70. The van der Waals surface area contributed by atoms with Gasteiger partial charge >= 0.3 is 0 Å². The van der Waals surface area contributed by atoms with Crippen LogP contribution in [-0.2, 0) is 0 Å². The van der Waals surface area contributed by atoms with Crippen LogP contribution < -0.4 is 4.74 Å². The number of ketones is 1. The van der Waals surface area contributed by atoms with Crippen molar-refractivity contribution in [2.45, 2.75) is 32.8 Å². The Morgan fingerprint density at radius 2 is 2.05 bits per heavy atom. The van der Waals surface area contributed by atoms with Crippen LogP contribution in [0.5, 0.6) is 11.5 Å². The van der Waals surface area contributed by atoms with Gasteiger partial charge in [0, 0.05) is 11.5 Å². The van der Waals surface area contributed by atoms with E-state index in [9.17, 15) is 15.0 Å². The predicted octanol–water partition coefficient (Wildman–Crippen LogP) is 2.40. The molecule has 4 heteroatoms. The van der Waals surface area contributed by atoms with Gasteiger partial charge in [-0.05, 0) is 25.0 Å². The number of Topliss-reactive ketones (excluding diaryl/α,β-unsaturated/α-hetero) is 1. The maximum Gasteiger partial charge on any atom is 0.169 e. The van der Waals surface area contributed by atoms with Crippen LogP contribution in [0.2, 0.25) is 0 Å². The standard InChI is InChI=1S/C15H18O4/c1-7-11(17)6-5-10-12(7)8(2)13(9(3)16)14(18)15(10)19-4/h5-7,11,17-18H,1-4H3/t7-,11-/m0/s1. The molecule has 2 rings (SSSR count). The van der Waals surface area contributed by atoms with Crippen molar-refractivity contribution in [2.75, 3.05) is 7.11 Å². The molecule has 0 radical (unpaired) electrons. The fourth-order valence-corrected chi connectivity index (χ4v) is 2.80. The molecule has 4 nitrogen and oxygen atoms in total. The first-order chi connectivity index (χ1) is 8.90. The molecule has 0 aromatic heterocycles. The molecule has 0 bridgehead atoms. The van der Waals surface area contributed by atoms with Crippen LogP contribution in [0, 0.1) is 6.92 Å². The van der Waals surface area contributed by atoms with Gasteiger partial charge < -0.3 is 14.9 Å². The van der Waals surface area contributed by atoms with Crippen molar-refractivity contribution >= 4 is 11.9 Å². The van der Waals surface area contributed by atoms with Crippen molar-refractivity contribution in [2.24, 2.45) is 0 Å². The lowest BCUT2D eigenvalue weighted by atomic mass is 9.80. The summed E-state index contributed by atoms with van der Waals surface area (Å²) in [5, 5.41) is 20.1. The van der Waals surface area contributed by atoms with Crippen LogP contribution in [-0.4, -0.2) is 29.2 Å². The molecule has 1 aliphatic carbocycles. The summed E-state index contributed by atoms with van der Waals surface area (Å²) in [4.78, 5) is 11.7. The second-order valence-corrected chi connectivity index (χ2v) is 4.90. The number of methoxy groups -OCH3 is 1. The first-order valence-corrected chi connectivity index (χ1v) is 6.20. The van der Waals surface area contributed by atoms with E-state index in [0.717, 1.165) is 11.1 Å². The number of phenols is 1. The highest BCUT2D eigenvalue weighted by Crippen LogP contribution is 2.45. The molecule has 102 valence electrons. The summed E-state index contributed by atoms with van der Waals surface area (Å²) in [6.07, 6.45) is 2.80. The van der Waals surface area contributed by atoms with Gasteiger partial charge in [0.2, 0.25) is 0 Å². The summed E-state index contributed by atoms with van der Waals surface area (Å²) in [7, 11) is 1.46. The molecule has 0 aliphatic heterocycles. The highest BCUT2D eigenvalue weighted by Gasteiger charge is 2.30. The fraction of sp³-hybridized carbons (Fsp3) is 0.400. The summed E-state index contributed by atoms with van der Waals surface area (Å²) in [5.74, 6) is -0.194. The van der Waals surface area contributed by atoms with E-state index in [1.807, 2.05) is 6.92 Å². The van der Waals surface area contributed by atoms with Crippen molar-refractivity contribution in [1.29, 1.82) is 0 Å². The first kappa shape index (κ1) is 13.6. The van der Waals surface area contributed by atoms with Gasteiger partial charge in [0.1, 0.15) is 0 Å². The Morgan fingerprint density at radius 3 is 2.58 bits per heavy atom. The Kier molecular flexibility index (Phi) is 3.37. The van der Waals surface area contributed by atoms with Gasteiger partial charge in [-0.3, -0.25) is 4.79 Å². The Hall–Kier alpha value is -1.81. The molecule has 1 aliphatic rings. The molecule has 1 aromatic rings. The maximum atomic E-state index is 11.7. The molecule has 0 unspecified atom stereocenters. The van der Waals surface area contributed by atoms with Crippen LogP contribution in [0.4, 0.5) is 0 Å². The predicted molar refractivity (Wildman–Crippen MR) is 72.9 cm³/mol. The molecule has 0 fully saturated rings. The van der Waals surface area contributed by atoms with Crippen LogP contribution in [0.3, 0.4) is 0 Å². The van der Waals surface area contributed by atoms with Crippen molar-refractivity contribution in [1.82, 2.24) is 0 Å². The van der Waals surface area contributed by atoms with E-state index in [4.69, 9.17) is 4.74 Å². The zero-order valence-corrected chi connectivity index (χ0v) is 11.5. The number of rotatable bonds is 2. The molecule has 0 saturated heterocycles. The van der Waals surface area contributed by atoms with Crippen LogP contribution in [0.15, 0.2) is 6.08 Å². The lowest BCUT2D eigenvalue weighted by Gasteiger charge is -2.28. The number of hydrogen-bond donors (Lipinski definition) is 2. The topological polar surface area (TPSA) is 66.8 Å². The number of hydrogen-bond acceptors (Lipinski definition) is 4. The number of benzene rings is 1. The summed E-state index contributed by atoms with van der Waals surface area (Å²) in [6, 6.07) is 0. The van der Waals surface area contributed by atoms with Crippen LogP contribution in [0.1, 0.15) is 46.8 Å². The number of aromatic hydroxyl groups is 1. The number of carbonyl (C=O) groups excluding carboxylic acids is 1. The lowest BCUT2D eigenvalue weighted by molar-refractivity contribution is 0.101. The number of ether oxygens (including phenoxy) is 1. The average Bonchev–Trinajstić information content (AvgIpc) is 2.33. The fourth-order valence-electron chi connectivity index (χ4n) is 2.80. The van der Waals surface area contributed by atoms with Gasteiger partial charge in [-0.25, -0.2) is 0 Å². The average molecular weight is 262 g/mol. The number of aliphatic hydroxyl groups excluding tert-OH is 1. The molecule has 19 heavy (non-hydrogen) atoms. The molecule has 0 spiro atoms. The number of carbonyl (C=O) groups is 1. The third kappa shape index (κ3) is 1.92. The number of phenolic OH excluding ortho intramolecular Hbond substituents is 1. The van der Waals surface area contributed by atoms with E-state index in [-0.39, 0.29) is 23.0 Å². The molecule has 0 heterocycles. The van der Waals surface area contributed by atoms with E-state index in [1.165, 1.54) is 14.0 Å². The summed E-state index contributed by atoms with van der Waals surface area (Å²) >= 11 is 0. The van der Waals surface area contributed by atoms with Gasteiger partial charge in [-0.1, -0.05) is 19.1 Å². The van der Waals surface area contributed by atoms with Crippen molar-refractivity contribution in [3.8, 4) is 11.5 Å². The summed E-state index contributed by atoms with van der Waals surface area (Å²) in [6.45, 7) is 5.09. The monoisotopic (exact) mass is 262 g/mol. The van der Waals surface area contributed by atoms with Gasteiger partial charge in [-0.2, -0.15) is 0 Å². The van der Waals surface area contributed by atoms with Crippen LogP contribution >= 0.6 is 0 Å². The van der Waals surface area contributed by atoms with Gasteiger partial charge in [0.05, 0.1) is 18.8 Å². The van der Waals surface area contributed by atoms with E-state index < -0.39 is 6.10 Å². The van der Waals surface area contributed by atoms with Crippen LogP contribution in [0.25, 0.3) is 6.08 Å². The normalized spacial score (nSPS) is 21.1. The molecule has 1 aromatic carbocycles.